The first-order chi connectivity index (χ1) is 13.1. The first kappa shape index (κ1) is 19.4. The van der Waals surface area contributed by atoms with E-state index in [4.69, 9.17) is 4.74 Å². The summed E-state index contributed by atoms with van der Waals surface area (Å²) in [6, 6.07) is 4.57. The van der Waals surface area contributed by atoms with Gasteiger partial charge in [0.25, 0.3) is 0 Å². The standard InChI is InChI=1S/C24H35O2S/c1-17-11-22(27-9-4-3-5-10-27)12-18(2)24(17)26-23(25)16-21-14-19-7-6-8-20(13-19)15-21/h11-12,19-21H,3-10,13-16H2,1-2H3/q+1. The summed E-state index contributed by atoms with van der Waals surface area (Å²) < 4.78 is 5.91. The number of fused-ring (bicyclic) bond motifs is 2. The van der Waals surface area contributed by atoms with Gasteiger partial charge in [-0.3, -0.25) is 4.79 Å². The monoisotopic (exact) mass is 387 g/mol. The van der Waals surface area contributed by atoms with Crippen molar-refractivity contribution >= 4 is 16.9 Å². The summed E-state index contributed by atoms with van der Waals surface area (Å²) in [5.41, 5.74) is 2.27. The van der Waals surface area contributed by atoms with Crippen LogP contribution in [0.25, 0.3) is 0 Å². The Morgan fingerprint density at radius 2 is 1.59 bits per heavy atom. The zero-order valence-electron chi connectivity index (χ0n) is 17.1. The summed E-state index contributed by atoms with van der Waals surface area (Å²) in [6.45, 7) is 4.22. The van der Waals surface area contributed by atoms with Crippen molar-refractivity contribution in [2.24, 2.45) is 17.8 Å². The number of esters is 1. The minimum absolute atomic E-state index is 0.0148. The molecule has 148 valence electrons. The van der Waals surface area contributed by atoms with Gasteiger partial charge in [-0.25, -0.2) is 0 Å². The first-order valence-electron chi connectivity index (χ1n) is 11.1. The molecular weight excluding hydrogens is 352 g/mol. The van der Waals surface area contributed by atoms with Crippen LogP contribution in [0.3, 0.4) is 0 Å². The minimum atomic E-state index is -0.0148. The van der Waals surface area contributed by atoms with E-state index in [1.807, 2.05) is 0 Å². The van der Waals surface area contributed by atoms with E-state index < -0.39 is 0 Å². The van der Waals surface area contributed by atoms with Gasteiger partial charge >= 0.3 is 5.97 Å². The quantitative estimate of drug-likeness (QED) is 0.361. The molecule has 3 heteroatoms. The van der Waals surface area contributed by atoms with Crippen LogP contribution in [0.15, 0.2) is 17.0 Å². The van der Waals surface area contributed by atoms with Crippen molar-refractivity contribution in [3.8, 4) is 5.75 Å². The SMILES string of the molecule is Cc1cc([S+]2CCCCC2)cc(C)c1OC(=O)CC1CC2CCCC(C2)C1. The molecule has 2 atom stereocenters. The third kappa shape index (κ3) is 4.72. The van der Waals surface area contributed by atoms with Gasteiger partial charge < -0.3 is 4.74 Å². The van der Waals surface area contributed by atoms with Gasteiger partial charge in [-0.1, -0.05) is 19.3 Å². The van der Waals surface area contributed by atoms with E-state index in [-0.39, 0.29) is 5.97 Å². The fourth-order valence-electron chi connectivity index (χ4n) is 5.73. The highest BCUT2D eigenvalue weighted by atomic mass is 32.2. The maximum Gasteiger partial charge on any atom is 0.311 e. The molecule has 1 saturated heterocycles. The molecule has 2 saturated carbocycles. The molecule has 0 amide bonds. The molecule has 1 aliphatic heterocycles. The van der Waals surface area contributed by atoms with Gasteiger partial charge in [0, 0.05) is 17.3 Å². The van der Waals surface area contributed by atoms with Crippen LogP contribution in [0.2, 0.25) is 0 Å². The Kier molecular flexibility index (Phi) is 6.16. The van der Waals surface area contributed by atoms with E-state index in [0.29, 0.717) is 23.2 Å². The highest BCUT2D eigenvalue weighted by Gasteiger charge is 2.33. The number of hydrogen-bond donors (Lipinski definition) is 0. The molecule has 4 rings (SSSR count). The Morgan fingerprint density at radius 3 is 2.22 bits per heavy atom. The Hall–Kier alpha value is -0.960. The molecule has 0 aromatic heterocycles. The van der Waals surface area contributed by atoms with E-state index in [0.717, 1.165) is 28.7 Å². The van der Waals surface area contributed by atoms with Crippen LogP contribution in [-0.4, -0.2) is 17.5 Å². The fraction of sp³-hybridized carbons (Fsp3) is 0.708. The van der Waals surface area contributed by atoms with Gasteiger partial charge in [0.1, 0.15) is 17.3 Å². The fourth-order valence-corrected chi connectivity index (χ4v) is 8.20. The smallest absolute Gasteiger partial charge is 0.311 e. The Balaban J connectivity index is 1.39. The largest absolute Gasteiger partial charge is 0.426 e. The minimum Gasteiger partial charge on any atom is -0.426 e. The van der Waals surface area contributed by atoms with E-state index >= 15 is 0 Å². The topological polar surface area (TPSA) is 26.3 Å². The second-order valence-corrected chi connectivity index (χ2v) is 11.5. The maximum absolute atomic E-state index is 12.7. The van der Waals surface area contributed by atoms with Crippen LogP contribution < -0.4 is 4.74 Å². The first-order valence-corrected chi connectivity index (χ1v) is 12.6. The number of carbonyl (C=O) groups excluding carboxylic acids is 1. The molecule has 3 aliphatic rings. The molecule has 27 heavy (non-hydrogen) atoms. The number of hydrogen-bond acceptors (Lipinski definition) is 2. The van der Waals surface area contributed by atoms with Crippen molar-refractivity contribution < 1.29 is 9.53 Å². The van der Waals surface area contributed by atoms with Gasteiger partial charge in [0.05, 0.1) is 0 Å². The lowest BCUT2D eigenvalue weighted by Gasteiger charge is -2.38. The second-order valence-electron chi connectivity index (χ2n) is 9.26. The molecule has 2 nitrogen and oxygen atoms in total. The van der Waals surface area contributed by atoms with Gasteiger partial charge in [0.2, 0.25) is 0 Å². The van der Waals surface area contributed by atoms with Gasteiger partial charge in [-0.05, 0) is 93.4 Å². The van der Waals surface area contributed by atoms with Crippen molar-refractivity contribution in [2.75, 3.05) is 11.5 Å². The third-order valence-electron chi connectivity index (χ3n) is 6.94. The third-order valence-corrected chi connectivity index (χ3v) is 9.41. The van der Waals surface area contributed by atoms with Crippen molar-refractivity contribution in [2.45, 2.75) is 83.0 Å². The average molecular weight is 388 g/mol. The van der Waals surface area contributed by atoms with Gasteiger partial charge in [0.15, 0.2) is 4.90 Å². The van der Waals surface area contributed by atoms with Crippen LogP contribution in [0.1, 0.15) is 75.3 Å². The summed E-state index contributed by atoms with van der Waals surface area (Å²) in [4.78, 5) is 14.1. The summed E-state index contributed by atoms with van der Waals surface area (Å²) in [6.07, 6.45) is 12.8. The van der Waals surface area contributed by atoms with Crippen LogP contribution in [-0.2, 0) is 15.7 Å². The predicted octanol–water partition coefficient (Wildman–Crippen LogP) is 5.98. The van der Waals surface area contributed by atoms with Crippen molar-refractivity contribution in [3.05, 3.63) is 23.3 Å². The number of carbonyl (C=O) groups is 1. The zero-order valence-corrected chi connectivity index (χ0v) is 17.9. The van der Waals surface area contributed by atoms with Gasteiger partial charge in [-0.2, -0.15) is 0 Å². The summed E-state index contributed by atoms with van der Waals surface area (Å²) in [5, 5.41) is 0. The molecule has 1 aromatic carbocycles. The van der Waals surface area contributed by atoms with E-state index in [1.54, 1.807) is 0 Å². The van der Waals surface area contributed by atoms with Crippen molar-refractivity contribution in [1.29, 1.82) is 0 Å². The molecule has 0 N–H and O–H groups in total. The molecule has 0 radical (unpaired) electrons. The molecule has 2 unspecified atom stereocenters. The summed E-state index contributed by atoms with van der Waals surface area (Å²) >= 11 is 0. The molecule has 2 aliphatic carbocycles. The zero-order chi connectivity index (χ0) is 18.8. The lowest BCUT2D eigenvalue weighted by atomic mass is 9.67. The maximum atomic E-state index is 12.7. The molecule has 3 fully saturated rings. The van der Waals surface area contributed by atoms with Gasteiger partial charge in [-0.15, -0.1) is 0 Å². The van der Waals surface area contributed by atoms with E-state index in [9.17, 15) is 4.79 Å². The lowest BCUT2D eigenvalue weighted by Crippen LogP contribution is -2.29. The van der Waals surface area contributed by atoms with E-state index in [2.05, 4.69) is 26.0 Å². The normalized spacial score (nSPS) is 28.7. The molecular formula is C24H35O2S+. The average Bonchev–Trinajstić information content (AvgIpc) is 2.65. The van der Waals surface area contributed by atoms with Crippen LogP contribution in [0, 0.1) is 31.6 Å². The summed E-state index contributed by atoms with van der Waals surface area (Å²) in [7, 11) is 0.402. The van der Waals surface area contributed by atoms with Crippen LogP contribution in [0.4, 0.5) is 0 Å². The summed E-state index contributed by atoms with van der Waals surface area (Å²) in [5.74, 6) is 5.76. The molecule has 1 aromatic rings. The number of ether oxygens (including phenoxy) is 1. The molecule has 0 spiro atoms. The van der Waals surface area contributed by atoms with Crippen molar-refractivity contribution in [1.82, 2.24) is 0 Å². The molecule has 1 heterocycles. The number of benzene rings is 1. The Morgan fingerprint density at radius 1 is 0.963 bits per heavy atom. The highest BCUT2D eigenvalue weighted by Crippen LogP contribution is 2.43. The van der Waals surface area contributed by atoms with E-state index in [1.165, 1.54) is 74.2 Å². The van der Waals surface area contributed by atoms with Crippen LogP contribution in [0.5, 0.6) is 5.75 Å². The number of rotatable bonds is 4. The Bertz CT molecular complexity index is 642. The second kappa shape index (κ2) is 8.59. The van der Waals surface area contributed by atoms with Crippen LogP contribution >= 0.6 is 0 Å². The Labute approximate surface area is 167 Å². The highest BCUT2D eigenvalue weighted by molar-refractivity contribution is 7.96. The lowest BCUT2D eigenvalue weighted by molar-refractivity contribution is -0.136. The van der Waals surface area contributed by atoms with Crippen molar-refractivity contribution in [3.63, 3.8) is 0 Å². The number of aryl methyl sites for hydroxylation is 2. The predicted molar refractivity (Wildman–Crippen MR) is 114 cm³/mol. The molecule has 2 bridgehead atoms.